The van der Waals surface area contributed by atoms with Gasteiger partial charge in [0.1, 0.15) is 0 Å². The van der Waals surface area contributed by atoms with Crippen LogP contribution >= 0.6 is 0 Å². The predicted octanol–water partition coefficient (Wildman–Crippen LogP) is 3.11. The normalized spacial score (nSPS) is 10.4. The maximum absolute atomic E-state index is 12.9. The summed E-state index contributed by atoms with van der Waals surface area (Å²) in [5, 5.41) is 7.21. The first-order valence-electron chi connectivity index (χ1n) is 8.72. The van der Waals surface area contributed by atoms with E-state index in [0.717, 1.165) is 5.69 Å². The van der Waals surface area contributed by atoms with E-state index in [1.54, 1.807) is 29.2 Å². The van der Waals surface area contributed by atoms with E-state index in [0.29, 0.717) is 40.7 Å². The Morgan fingerprint density at radius 3 is 2.36 bits per heavy atom. The number of rotatable bonds is 7. The molecule has 1 amide bonds. The summed E-state index contributed by atoms with van der Waals surface area (Å²) in [6.07, 6.45) is 3.85. The fraction of sp³-hybridized carbons (Fsp3) is 0.250. The average Bonchev–Trinajstić information content (AvgIpc) is 3.17. The number of hydrogen-bond acceptors (Lipinski definition) is 6. The van der Waals surface area contributed by atoms with Gasteiger partial charge in [0.05, 0.1) is 38.8 Å². The third-order valence-electron chi connectivity index (χ3n) is 4.24. The van der Waals surface area contributed by atoms with Crippen LogP contribution < -0.4 is 19.5 Å². The number of anilines is 1. The second-order valence-electron chi connectivity index (χ2n) is 5.83. The smallest absolute Gasteiger partial charge is 0.259 e. The molecule has 0 aliphatic carbocycles. The SMILES string of the molecule is CCc1c(C(=O)Nc2cc(OC)c(OC)c(OC)c2)cnn1-c1ccccn1. The molecule has 1 N–H and O–H groups in total. The fourth-order valence-electron chi connectivity index (χ4n) is 2.93. The Labute approximate surface area is 163 Å². The monoisotopic (exact) mass is 382 g/mol. The Kier molecular flexibility index (Phi) is 5.78. The molecule has 28 heavy (non-hydrogen) atoms. The van der Waals surface area contributed by atoms with Crippen molar-refractivity contribution in [3.8, 4) is 23.1 Å². The Morgan fingerprint density at radius 2 is 1.82 bits per heavy atom. The number of ether oxygens (including phenoxy) is 3. The van der Waals surface area contributed by atoms with Gasteiger partial charge >= 0.3 is 0 Å². The van der Waals surface area contributed by atoms with Crippen LogP contribution in [0, 0.1) is 0 Å². The summed E-state index contributed by atoms with van der Waals surface area (Å²) < 4.78 is 17.6. The predicted molar refractivity (Wildman–Crippen MR) is 105 cm³/mol. The number of aromatic nitrogens is 3. The summed E-state index contributed by atoms with van der Waals surface area (Å²) in [7, 11) is 4.57. The molecule has 8 heteroatoms. The Morgan fingerprint density at radius 1 is 1.11 bits per heavy atom. The highest BCUT2D eigenvalue weighted by molar-refractivity contribution is 6.05. The summed E-state index contributed by atoms with van der Waals surface area (Å²) >= 11 is 0. The van der Waals surface area contributed by atoms with Crippen molar-refractivity contribution in [2.75, 3.05) is 26.6 Å². The summed E-state index contributed by atoms with van der Waals surface area (Å²) in [6, 6.07) is 8.89. The lowest BCUT2D eigenvalue weighted by atomic mass is 10.2. The van der Waals surface area contributed by atoms with Gasteiger partial charge in [0.25, 0.3) is 5.91 Å². The minimum atomic E-state index is -0.284. The summed E-state index contributed by atoms with van der Waals surface area (Å²) in [6.45, 7) is 1.96. The molecule has 3 aromatic rings. The molecule has 146 valence electrons. The molecule has 8 nitrogen and oxygen atoms in total. The van der Waals surface area contributed by atoms with Gasteiger partial charge in [-0.15, -0.1) is 0 Å². The van der Waals surface area contributed by atoms with Gasteiger partial charge in [0.15, 0.2) is 17.3 Å². The highest BCUT2D eigenvalue weighted by atomic mass is 16.5. The van der Waals surface area contributed by atoms with E-state index in [9.17, 15) is 4.79 Å². The summed E-state index contributed by atoms with van der Waals surface area (Å²) in [5.74, 6) is 1.74. The highest BCUT2D eigenvalue weighted by Gasteiger charge is 2.20. The molecular formula is C20H22N4O4. The third-order valence-corrected chi connectivity index (χ3v) is 4.24. The van der Waals surface area contributed by atoms with Crippen LogP contribution in [0.3, 0.4) is 0 Å². The van der Waals surface area contributed by atoms with Gasteiger partial charge in [0.2, 0.25) is 5.75 Å². The van der Waals surface area contributed by atoms with E-state index in [2.05, 4.69) is 15.4 Å². The molecule has 0 saturated carbocycles. The molecular weight excluding hydrogens is 360 g/mol. The molecule has 0 unspecified atom stereocenters. The molecule has 0 spiro atoms. The van der Waals surface area contributed by atoms with E-state index in [1.165, 1.54) is 21.3 Å². The lowest BCUT2D eigenvalue weighted by Gasteiger charge is -2.14. The molecule has 0 aliphatic heterocycles. The Balaban J connectivity index is 1.93. The zero-order chi connectivity index (χ0) is 20.1. The minimum Gasteiger partial charge on any atom is -0.493 e. The van der Waals surface area contributed by atoms with E-state index in [4.69, 9.17) is 14.2 Å². The second-order valence-corrected chi connectivity index (χ2v) is 5.83. The number of hydrogen-bond donors (Lipinski definition) is 1. The first-order chi connectivity index (χ1) is 13.6. The molecule has 1 aromatic carbocycles. The van der Waals surface area contributed by atoms with Gasteiger partial charge in [-0.1, -0.05) is 13.0 Å². The lowest BCUT2D eigenvalue weighted by Crippen LogP contribution is -2.15. The number of pyridine rings is 1. The topological polar surface area (TPSA) is 87.5 Å². The van der Waals surface area contributed by atoms with Crippen LogP contribution in [0.1, 0.15) is 23.0 Å². The van der Waals surface area contributed by atoms with Crippen molar-refractivity contribution in [3.63, 3.8) is 0 Å². The molecule has 3 rings (SSSR count). The zero-order valence-corrected chi connectivity index (χ0v) is 16.2. The first kappa shape index (κ1) is 19.2. The van der Waals surface area contributed by atoms with Crippen molar-refractivity contribution in [2.24, 2.45) is 0 Å². The van der Waals surface area contributed by atoms with Crippen molar-refractivity contribution in [2.45, 2.75) is 13.3 Å². The van der Waals surface area contributed by atoms with E-state index >= 15 is 0 Å². The van der Waals surface area contributed by atoms with Crippen molar-refractivity contribution in [3.05, 3.63) is 54.0 Å². The van der Waals surface area contributed by atoms with Crippen molar-refractivity contribution in [1.29, 1.82) is 0 Å². The molecule has 2 heterocycles. The van der Waals surface area contributed by atoms with Crippen LogP contribution in [0.15, 0.2) is 42.7 Å². The van der Waals surface area contributed by atoms with Gasteiger partial charge in [-0.25, -0.2) is 9.67 Å². The summed E-state index contributed by atoms with van der Waals surface area (Å²) in [5.41, 5.74) is 1.76. The van der Waals surface area contributed by atoms with Crippen LogP contribution in [-0.2, 0) is 6.42 Å². The molecule has 0 atom stereocenters. The number of nitrogens with zero attached hydrogens (tertiary/aromatic N) is 3. The average molecular weight is 382 g/mol. The molecule has 2 aromatic heterocycles. The number of methoxy groups -OCH3 is 3. The second kappa shape index (κ2) is 8.43. The number of benzene rings is 1. The third kappa shape index (κ3) is 3.62. The van der Waals surface area contributed by atoms with Crippen molar-refractivity contribution >= 4 is 11.6 Å². The molecule has 0 aliphatic rings. The van der Waals surface area contributed by atoms with E-state index in [1.807, 2.05) is 25.1 Å². The molecule has 0 saturated heterocycles. The fourth-order valence-corrected chi connectivity index (χ4v) is 2.93. The van der Waals surface area contributed by atoms with Gasteiger partial charge in [0, 0.05) is 24.0 Å². The van der Waals surface area contributed by atoms with Crippen LogP contribution in [0.2, 0.25) is 0 Å². The van der Waals surface area contributed by atoms with E-state index in [-0.39, 0.29) is 5.91 Å². The zero-order valence-electron chi connectivity index (χ0n) is 16.2. The van der Waals surface area contributed by atoms with Crippen LogP contribution in [0.4, 0.5) is 5.69 Å². The van der Waals surface area contributed by atoms with Crippen LogP contribution in [-0.4, -0.2) is 42.0 Å². The number of nitrogens with one attached hydrogen (secondary N) is 1. The van der Waals surface area contributed by atoms with Crippen LogP contribution in [0.5, 0.6) is 17.2 Å². The summed E-state index contributed by atoms with van der Waals surface area (Å²) in [4.78, 5) is 17.2. The number of amides is 1. The molecule has 0 fully saturated rings. The Bertz CT molecular complexity index is 945. The van der Waals surface area contributed by atoms with Gasteiger partial charge in [-0.3, -0.25) is 4.79 Å². The highest BCUT2D eigenvalue weighted by Crippen LogP contribution is 2.40. The largest absolute Gasteiger partial charge is 0.493 e. The van der Waals surface area contributed by atoms with E-state index < -0.39 is 0 Å². The van der Waals surface area contributed by atoms with Crippen molar-refractivity contribution < 1.29 is 19.0 Å². The standard InChI is InChI=1S/C20H22N4O4/c1-5-15-14(12-22-24(15)18-8-6-7-9-21-18)20(25)23-13-10-16(26-2)19(28-4)17(11-13)27-3/h6-12H,5H2,1-4H3,(H,23,25). The first-order valence-corrected chi connectivity index (χ1v) is 8.72. The van der Waals surface area contributed by atoms with Gasteiger partial charge in [-0.2, -0.15) is 5.10 Å². The minimum absolute atomic E-state index is 0.284. The molecule has 0 bridgehead atoms. The Hall–Kier alpha value is -3.55. The number of carbonyl (C=O) groups is 1. The van der Waals surface area contributed by atoms with Gasteiger partial charge < -0.3 is 19.5 Å². The molecule has 0 radical (unpaired) electrons. The lowest BCUT2D eigenvalue weighted by molar-refractivity contribution is 0.102. The van der Waals surface area contributed by atoms with Gasteiger partial charge in [-0.05, 0) is 18.6 Å². The quantitative estimate of drug-likeness (QED) is 0.676. The van der Waals surface area contributed by atoms with Crippen molar-refractivity contribution in [1.82, 2.24) is 14.8 Å². The number of carbonyl (C=O) groups excluding carboxylic acids is 1. The maximum Gasteiger partial charge on any atom is 0.259 e. The van der Waals surface area contributed by atoms with Crippen LogP contribution in [0.25, 0.3) is 5.82 Å². The maximum atomic E-state index is 12.9.